The molecule has 5 nitrogen and oxygen atoms in total. The Bertz CT molecular complexity index is 536. The summed E-state index contributed by atoms with van der Waals surface area (Å²) in [5.41, 5.74) is 1.14. The van der Waals surface area contributed by atoms with Crippen LogP contribution in [-0.4, -0.2) is 60.2 Å². The second kappa shape index (κ2) is 7.94. The number of aliphatic hydroxyl groups is 1. The second-order valence-corrected chi connectivity index (χ2v) is 7.52. The van der Waals surface area contributed by atoms with Gasteiger partial charge in [0.15, 0.2) is 6.29 Å². The van der Waals surface area contributed by atoms with Crippen LogP contribution in [0.15, 0.2) is 24.3 Å². The summed E-state index contributed by atoms with van der Waals surface area (Å²) in [7, 11) is 0. The number of phenolic OH excluding ortho intramolecular Hbond substituents is 1. The summed E-state index contributed by atoms with van der Waals surface area (Å²) in [5.74, 6) is 0.316. The number of hydrogen-bond donors (Lipinski definition) is 2. The van der Waals surface area contributed by atoms with Crippen LogP contribution in [0.3, 0.4) is 0 Å². The molecule has 1 aromatic carbocycles. The third-order valence-electron chi connectivity index (χ3n) is 6.24. The van der Waals surface area contributed by atoms with Crippen molar-refractivity contribution < 1.29 is 14.9 Å². The molecule has 0 spiro atoms. The molecule has 2 unspecified atom stereocenters. The average Bonchev–Trinajstić information content (AvgIpc) is 2.97. The fourth-order valence-corrected chi connectivity index (χ4v) is 4.21. The van der Waals surface area contributed by atoms with Crippen LogP contribution in [-0.2, 0) is 4.74 Å². The maximum Gasteiger partial charge on any atom is 0.160 e. The van der Waals surface area contributed by atoms with E-state index >= 15 is 0 Å². The van der Waals surface area contributed by atoms with Crippen molar-refractivity contribution in [2.45, 2.75) is 51.9 Å². The molecule has 2 atom stereocenters. The molecule has 0 amide bonds. The SMILES string of the molecule is CCC1(CC)CC(CCN2CCN(c3ccc(O)cc3)CC2)OC1O. The van der Waals surface area contributed by atoms with E-state index < -0.39 is 6.29 Å². The lowest BCUT2D eigenvalue weighted by molar-refractivity contribution is -0.138. The summed E-state index contributed by atoms with van der Waals surface area (Å²) in [6.45, 7) is 9.44. The molecule has 3 rings (SSSR count). The molecule has 0 bridgehead atoms. The number of aromatic hydroxyl groups is 1. The number of piperazine rings is 1. The average molecular weight is 348 g/mol. The molecule has 2 aliphatic heterocycles. The predicted octanol–water partition coefficient (Wildman–Crippen LogP) is 2.82. The number of nitrogens with zero attached hydrogens (tertiary/aromatic N) is 2. The maximum atomic E-state index is 10.3. The first-order valence-electron chi connectivity index (χ1n) is 9.66. The first kappa shape index (κ1) is 18.5. The molecule has 2 fully saturated rings. The molecule has 0 radical (unpaired) electrons. The lowest BCUT2D eigenvalue weighted by Crippen LogP contribution is -2.47. The predicted molar refractivity (Wildman–Crippen MR) is 99.9 cm³/mol. The van der Waals surface area contributed by atoms with Gasteiger partial charge in [0.1, 0.15) is 5.75 Å². The van der Waals surface area contributed by atoms with Crippen LogP contribution < -0.4 is 4.90 Å². The summed E-state index contributed by atoms with van der Waals surface area (Å²) < 4.78 is 5.85. The molecular weight excluding hydrogens is 316 g/mol. The van der Waals surface area contributed by atoms with Gasteiger partial charge in [0.25, 0.3) is 0 Å². The molecule has 25 heavy (non-hydrogen) atoms. The van der Waals surface area contributed by atoms with Crippen LogP contribution in [0.2, 0.25) is 0 Å². The molecule has 0 aromatic heterocycles. The van der Waals surface area contributed by atoms with Crippen LogP contribution in [0.25, 0.3) is 0 Å². The van der Waals surface area contributed by atoms with E-state index in [2.05, 4.69) is 23.6 Å². The van der Waals surface area contributed by atoms with E-state index in [9.17, 15) is 10.2 Å². The highest BCUT2D eigenvalue weighted by atomic mass is 16.6. The number of benzene rings is 1. The molecule has 140 valence electrons. The minimum absolute atomic E-state index is 0.0395. The van der Waals surface area contributed by atoms with E-state index in [1.807, 2.05) is 12.1 Å². The van der Waals surface area contributed by atoms with Gasteiger partial charge in [0.2, 0.25) is 0 Å². The van der Waals surface area contributed by atoms with Crippen LogP contribution in [0.5, 0.6) is 5.75 Å². The van der Waals surface area contributed by atoms with E-state index in [4.69, 9.17) is 4.74 Å². The quantitative estimate of drug-likeness (QED) is 0.828. The van der Waals surface area contributed by atoms with Crippen molar-refractivity contribution in [3.63, 3.8) is 0 Å². The van der Waals surface area contributed by atoms with Gasteiger partial charge >= 0.3 is 0 Å². The largest absolute Gasteiger partial charge is 0.508 e. The zero-order valence-electron chi connectivity index (χ0n) is 15.5. The Kier molecular flexibility index (Phi) is 5.87. The summed E-state index contributed by atoms with van der Waals surface area (Å²) in [5, 5.41) is 19.7. The standard InChI is InChI=1S/C20H32N2O3/c1-3-20(4-2)15-18(25-19(20)24)9-10-21-11-13-22(14-12-21)16-5-7-17(23)8-6-16/h5-8,18-19,23-24H,3-4,9-15H2,1-2H3. The number of hydrogen-bond acceptors (Lipinski definition) is 5. The summed E-state index contributed by atoms with van der Waals surface area (Å²) in [6, 6.07) is 7.46. The Morgan fingerprint density at radius 3 is 2.28 bits per heavy atom. The Morgan fingerprint density at radius 1 is 1.08 bits per heavy atom. The van der Waals surface area contributed by atoms with Gasteiger partial charge in [-0.1, -0.05) is 13.8 Å². The van der Waals surface area contributed by atoms with Crippen molar-refractivity contribution >= 4 is 5.69 Å². The Hall–Kier alpha value is -1.30. The van der Waals surface area contributed by atoms with E-state index in [0.29, 0.717) is 5.75 Å². The first-order valence-corrected chi connectivity index (χ1v) is 9.66. The highest BCUT2D eigenvalue weighted by Crippen LogP contribution is 2.44. The van der Waals surface area contributed by atoms with Gasteiger partial charge in [-0.15, -0.1) is 0 Å². The normalized spacial score (nSPS) is 26.9. The Labute approximate surface area is 151 Å². The molecular formula is C20H32N2O3. The highest BCUT2D eigenvalue weighted by molar-refractivity contribution is 5.49. The molecule has 0 aliphatic carbocycles. The van der Waals surface area contributed by atoms with Crippen LogP contribution in [0.4, 0.5) is 5.69 Å². The van der Waals surface area contributed by atoms with Crippen molar-refractivity contribution in [2.24, 2.45) is 5.41 Å². The molecule has 2 saturated heterocycles. The number of phenols is 1. The lowest BCUT2D eigenvalue weighted by atomic mass is 9.78. The molecule has 2 heterocycles. The number of ether oxygens (including phenoxy) is 1. The van der Waals surface area contributed by atoms with Gasteiger partial charge in [0, 0.05) is 43.8 Å². The van der Waals surface area contributed by atoms with Gasteiger partial charge in [-0.3, -0.25) is 4.90 Å². The third kappa shape index (κ3) is 4.10. The molecule has 5 heteroatoms. The second-order valence-electron chi connectivity index (χ2n) is 7.52. The van der Waals surface area contributed by atoms with Crippen LogP contribution >= 0.6 is 0 Å². The number of anilines is 1. The topological polar surface area (TPSA) is 56.2 Å². The fourth-order valence-electron chi connectivity index (χ4n) is 4.21. The summed E-state index contributed by atoms with van der Waals surface area (Å²) in [6.07, 6.45) is 3.52. The maximum absolute atomic E-state index is 10.3. The van der Waals surface area contributed by atoms with Crippen molar-refractivity contribution in [1.29, 1.82) is 0 Å². The number of aliphatic hydroxyl groups excluding tert-OH is 1. The molecule has 1 aromatic rings. The minimum Gasteiger partial charge on any atom is -0.508 e. The van der Waals surface area contributed by atoms with Crippen molar-refractivity contribution in [2.75, 3.05) is 37.6 Å². The lowest BCUT2D eigenvalue weighted by Gasteiger charge is -2.36. The zero-order valence-corrected chi connectivity index (χ0v) is 15.5. The smallest absolute Gasteiger partial charge is 0.160 e. The number of rotatable bonds is 6. The molecule has 0 saturated carbocycles. The van der Waals surface area contributed by atoms with Gasteiger partial charge in [0.05, 0.1) is 6.10 Å². The van der Waals surface area contributed by atoms with Crippen LogP contribution in [0, 0.1) is 5.41 Å². The summed E-state index contributed by atoms with van der Waals surface area (Å²) >= 11 is 0. The minimum atomic E-state index is -0.598. The van der Waals surface area contributed by atoms with Crippen molar-refractivity contribution in [1.82, 2.24) is 4.90 Å². The first-order chi connectivity index (χ1) is 12.1. The molecule has 2 aliphatic rings. The van der Waals surface area contributed by atoms with E-state index in [1.165, 1.54) is 5.69 Å². The van der Waals surface area contributed by atoms with Gasteiger partial charge in [-0.05, 0) is 49.9 Å². The van der Waals surface area contributed by atoms with Gasteiger partial charge < -0.3 is 19.8 Å². The fraction of sp³-hybridized carbons (Fsp3) is 0.700. The Morgan fingerprint density at radius 2 is 1.72 bits per heavy atom. The van der Waals surface area contributed by atoms with E-state index in [0.717, 1.165) is 58.4 Å². The zero-order chi connectivity index (χ0) is 17.9. The van der Waals surface area contributed by atoms with E-state index in [1.54, 1.807) is 12.1 Å². The third-order valence-corrected chi connectivity index (χ3v) is 6.24. The van der Waals surface area contributed by atoms with Crippen LogP contribution in [0.1, 0.15) is 39.5 Å². The van der Waals surface area contributed by atoms with E-state index in [-0.39, 0.29) is 11.5 Å². The highest BCUT2D eigenvalue weighted by Gasteiger charge is 2.45. The monoisotopic (exact) mass is 348 g/mol. The molecule has 2 N–H and O–H groups in total. The Balaban J connectivity index is 1.43. The van der Waals surface area contributed by atoms with Crippen molar-refractivity contribution in [3.8, 4) is 5.75 Å². The summed E-state index contributed by atoms with van der Waals surface area (Å²) in [4.78, 5) is 4.86. The van der Waals surface area contributed by atoms with Crippen molar-refractivity contribution in [3.05, 3.63) is 24.3 Å². The van der Waals surface area contributed by atoms with Gasteiger partial charge in [-0.25, -0.2) is 0 Å². The van der Waals surface area contributed by atoms with Gasteiger partial charge in [-0.2, -0.15) is 0 Å².